The average molecular weight is 290 g/mol. The van der Waals surface area contributed by atoms with E-state index in [1.54, 1.807) is 7.11 Å². The van der Waals surface area contributed by atoms with Gasteiger partial charge in [0.15, 0.2) is 0 Å². The van der Waals surface area contributed by atoms with E-state index < -0.39 is 6.10 Å². The van der Waals surface area contributed by atoms with Crippen molar-refractivity contribution in [3.8, 4) is 5.75 Å². The maximum atomic E-state index is 10.1. The summed E-state index contributed by atoms with van der Waals surface area (Å²) in [7, 11) is 1.67. The number of likely N-dealkylation sites (tertiary alicyclic amines) is 1. The molecule has 2 heterocycles. The van der Waals surface area contributed by atoms with E-state index in [0.29, 0.717) is 6.04 Å². The highest BCUT2D eigenvalue weighted by atomic mass is 16.5. The Kier molecular flexibility index (Phi) is 4.36. The molecule has 2 saturated heterocycles. The smallest absolute Gasteiger partial charge is 0.126 e. The number of aliphatic hydroxyl groups excluding tert-OH is 1. The molecule has 0 radical (unpaired) electrons. The van der Waals surface area contributed by atoms with Crippen LogP contribution in [0.2, 0.25) is 0 Å². The van der Waals surface area contributed by atoms with Gasteiger partial charge in [-0.3, -0.25) is 4.90 Å². The van der Waals surface area contributed by atoms with E-state index in [2.05, 4.69) is 15.9 Å². The summed E-state index contributed by atoms with van der Waals surface area (Å²) >= 11 is 0. The van der Waals surface area contributed by atoms with E-state index in [1.165, 1.54) is 32.4 Å². The van der Waals surface area contributed by atoms with Crippen molar-refractivity contribution in [2.45, 2.75) is 38.3 Å². The highest BCUT2D eigenvalue weighted by Crippen LogP contribution is 2.36. The van der Waals surface area contributed by atoms with Crippen LogP contribution in [0.5, 0.6) is 5.75 Å². The minimum absolute atomic E-state index is 0.512. The highest BCUT2D eigenvalue weighted by molar-refractivity contribution is 5.61. The van der Waals surface area contributed by atoms with Crippen molar-refractivity contribution in [3.63, 3.8) is 0 Å². The Morgan fingerprint density at radius 3 is 2.67 bits per heavy atom. The zero-order valence-corrected chi connectivity index (χ0v) is 13.1. The molecule has 2 atom stereocenters. The zero-order valence-electron chi connectivity index (χ0n) is 13.1. The van der Waals surface area contributed by atoms with Crippen LogP contribution in [0.3, 0.4) is 0 Å². The number of aliphatic hydroxyl groups is 1. The van der Waals surface area contributed by atoms with E-state index in [1.807, 2.05) is 19.1 Å². The number of benzene rings is 1. The van der Waals surface area contributed by atoms with E-state index in [-0.39, 0.29) is 0 Å². The van der Waals surface area contributed by atoms with Gasteiger partial charge >= 0.3 is 0 Å². The number of hydrogen-bond acceptors (Lipinski definition) is 4. The number of rotatable bonds is 4. The molecule has 0 spiro atoms. The quantitative estimate of drug-likeness (QED) is 0.924. The lowest BCUT2D eigenvalue weighted by Gasteiger charge is -2.27. The van der Waals surface area contributed by atoms with Crippen molar-refractivity contribution in [2.24, 2.45) is 0 Å². The minimum atomic E-state index is -0.512. The lowest BCUT2D eigenvalue weighted by atomic mass is 10.1. The van der Waals surface area contributed by atoms with Gasteiger partial charge in [-0.2, -0.15) is 0 Å². The number of methoxy groups -OCH3 is 1. The first-order chi connectivity index (χ1) is 10.2. The summed E-state index contributed by atoms with van der Waals surface area (Å²) < 4.78 is 5.44. The molecular weight excluding hydrogens is 264 g/mol. The Bertz CT molecular complexity index is 484. The largest absolute Gasteiger partial charge is 0.496 e. The van der Waals surface area contributed by atoms with Crippen LogP contribution < -0.4 is 9.64 Å². The lowest BCUT2D eigenvalue weighted by Crippen LogP contribution is -2.35. The van der Waals surface area contributed by atoms with Gasteiger partial charge in [-0.25, -0.2) is 0 Å². The number of nitrogens with zero attached hydrogens (tertiary/aromatic N) is 2. The normalized spacial score (nSPS) is 24.5. The Labute approximate surface area is 127 Å². The third kappa shape index (κ3) is 2.87. The van der Waals surface area contributed by atoms with E-state index in [0.717, 1.165) is 30.1 Å². The topological polar surface area (TPSA) is 35.9 Å². The predicted molar refractivity (Wildman–Crippen MR) is 85.1 cm³/mol. The van der Waals surface area contributed by atoms with Gasteiger partial charge in [0.1, 0.15) is 5.75 Å². The summed E-state index contributed by atoms with van der Waals surface area (Å²) in [6, 6.07) is 6.72. The molecule has 0 bridgehead atoms. The molecule has 2 unspecified atom stereocenters. The molecule has 116 valence electrons. The minimum Gasteiger partial charge on any atom is -0.496 e. The average Bonchev–Trinajstić information content (AvgIpc) is 3.16. The molecule has 0 saturated carbocycles. The molecule has 2 fully saturated rings. The van der Waals surface area contributed by atoms with Crippen molar-refractivity contribution in [1.29, 1.82) is 0 Å². The Morgan fingerprint density at radius 1 is 1.24 bits per heavy atom. The van der Waals surface area contributed by atoms with E-state index in [9.17, 15) is 5.11 Å². The Balaban J connectivity index is 1.81. The Hall–Kier alpha value is -1.26. The highest BCUT2D eigenvalue weighted by Gasteiger charge is 2.31. The summed E-state index contributed by atoms with van der Waals surface area (Å²) in [5.74, 6) is 0.784. The van der Waals surface area contributed by atoms with Gasteiger partial charge in [0.05, 0.1) is 13.2 Å². The number of hydrogen-bond donors (Lipinski definition) is 1. The van der Waals surface area contributed by atoms with Crippen molar-refractivity contribution in [1.82, 2.24) is 4.90 Å². The molecule has 0 aromatic heterocycles. The number of ether oxygens (including phenoxy) is 1. The molecule has 4 nitrogen and oxygen atoms in total. The van der Waals surface area contributed by atoms with Gasteiger partial charge in [-0.15, -0.1) is 0 Å². The first-order valence-corrected chi connectivity index (χ1v) is 8.04. The van der Waals surface area contributed by atoms with Crippen LogP contribution in [0.4, 0.5) is 5.69 Å². The van der Waals surface area contributed by atoms with Crippen molar-refractivity contribution < 1.29 is 9.84 Å². The maximum absolute atomic E-state index is 10.1. The first kappa shape index (κ1) is 14.7. The summed E-state index contributed by atoms with van der Waals surface area (Å²) in [6.07, 6.45) is 3.39. The monoisotopic (exact) mass is 290 g/mol. The fourth-order valence-electron chi connectivity index (χ4n) is 3.77. The first-order valence-electron chi connectivity index (χ1n) is 8.04. The number of anilines is 1. The van der Waals surface area contributed by atoms with Gasteiger partial charge in [0.25, 0.3) is 0 Å². The second-order valence-corrected chi connectivity index (χ2v) is 6.20. The third-order valence-corrected chi connectivity index (χ3v) is 4.84. The van der Waals surface area contributed by atoms with E-state index >= 15 is 0 Å². The standard InChI is InChI=1S/C17H26N2O2/c1-13(20)17-15(6-5-7-16(17)21-2)19-11-8-14(12-19)18-9-3-4-10-18/h5-7,13-14,20H,3-4,8-12H2,1-2H3. The Morgan fingerprint density at radius 2 is 2.00 bits per heavy atom. The summed E-state index contributed by atoms with van der Waals surface area (Å²) in [5, 5.41) is 10.1. The van der Waals surface area contributed by atoms with Gasteiger partial charge in [0, 0.05) is 30.4 Å². The summed E-state index contributed by atoms with van der Waals surface area (Å²) in [6.45, 7) is 6.44. The van der Waals surface area contributed by atoms with Crippen LogP contribution in [0.15, 0.2) is 18.2 Å². The summed E-state index contributed by atoms with van der Waals surface area (Å²) in [5.41, 5.74) is 2.05. The van der Waals surface area contributed by atoms with Crippen LogP contribution in [0, 0.1) is 0 Å². The summed E-state index contributed by atoms with van der Waals surface area (Å²) in [4.78, 5) is 5.04. The van der Waals surface area contributed by atoms with Crippen LogP contribution in [0.1, 0.15) is 37.9 Å². The third-order valence-electron chi connectivity index (χ3n) is 4.84. The molecule has 1 aromatic rings. The maximum Gasteiger partial charge on any atom is 0.126 e. The molecule has 3 rings (SSSR count). The molecular formula is C17H26N2O2. The lowest BCUT2D eigenvalue weighted by molar-refractivity contribution is 0.194. The fraction of sp³-hybridized carbons (Fsp3) is 0.647. The second kappa shape index (κ2) is 6.24. The van der Waals surface area contributed by atoms with Gasteiger partial charge in [-0.1, -0.05) is 6.07 Å². The molecule has 21 heavy (non-hydrogen) atoms. The van der Waals surface area contributed by atoms with Crippen molar-refractivity contribution in [3.05, 3.63) is 23.8 Å². The molecule has 1 aromatic carbocycles. The van der Waals surface area contributed by atoms with Crippen LogP contribution in [-0.4, -0.2) is 49.3 Å². The van der Waals surface area contributed by atoms with Crippen LogP contribution in [0.25, 0.3) is 0 Å². The van der Waals surface area contributed by atoms with Crippen molar-refractivity contribution >= 4 is 5.69 Å². The van der Waals surface area contributed by atoms with Gasteiger partial charge < -0.3 is 14.7 Å². The van der Waals surface area contributed by atoms with Gasteiger partial charge in [-0.05, 0) is 51.4 Å². The zero-order chi connectivity index (χ0) is 14.8. The van der Waals surface area contributed by atoms with Crippen LogP contribution in [-0.2, 0) is 0 Å². The molecule has 1 N–H and O–H groups in total. The predicted octanol–water partition coefficient (Wildman–Crippen LogP) is 2.42. The van der Waals surface area contributed by atoms with Crippen molar-refractivity contribution in [2.75, 3.05) is 38.2 Å². The molecule has 0 amide bonds. The second-order valence-electron chi connectivity index (χ2n) is 6.20. The van der Waals surface area contributed by atoms with Crippen LogP contribution >= 0.6 is 0 Å². The molecule has 0 aliphatic carbocycles. The van der Waals surface area contributed by atoms with Gasteiger partial charge in [0.2, 0.25) is 0 Å². The molecule has 2 aliphatic heterocycles. The fourth-order valence-corrected chi connectivity index (χ4v) is 3.77. The molecule has 2 aliphatic rings. The molecule has 4 heteroatoms. The van der Waals surface area contributed by atoms with E-state index in [4.69, 9.17) is 4.74 Å². The SMILES string of the molecule is COc1cccc(N2CCC(N3CCCC3)C2)c1C(C)O.